The standard InChI is InChI=1S/C13H19N3O2/c1-15-6-8-16(9-7-15)12-4-2-11(3-5-12)14-10-13(17)18/h2-5,14H,6-10H2,1H3,(H,17,18). The predicted octanol–water partition coefficient (Wildman–Crippen LogP) is 0.935. The van der Waals surface area contributed by atoms with Crippen LogP contribution in [0, 0.1) is 0 Å². The van der Waals surface area contributed by atoms with Crippen LogP contribution < -0.4 is 10.2 Å². The van der Waals surface area contributed by atoms with E-state index in [9.17, 15) is 4.79 Å². The Labute approximate surface area is 107 Å². The molecule has 0 spiro atoms. The molecule has 2 rings (SSSR count). The van der Waals surface area contributed by atoms with Crippen molar-refractivity contribution in [3.8, 4) is 0 Å². The maximum absolute atomic E-state index is 10.4. The summed E-state index contributed by atoms with van der Waals surface area (Å²) in [5.41, 5.74) is 2.04. The van der Waals surface area contributed by atoms with Crippen LogP contribution in [0.15, 0.2) is 24.3 Å². The van der Waals surface area contributed by atoms with Crippen molar-refractivity contribution in [3.05, 3.63) is 24.3 Å². The molecule has 1 aromatic rings. The lowest BCUT2D eigenvalue weighted by Crippen LogP contribution is -2.44. The SMILES string of the molecule is CN1CCN(c2ccc(NCC(=O)O)cc2)CC1. The molecule has 1 aromatic carbocycles. The first kappa shape index (κ1) is 12.7. The summed E-state index contributed by atoms with van der Waals surface area (Å²) in [5, 5.41) is 11.4. The van der Waals surface area contributed by atoms with Crippen molar-refractivity contribution < 1.29 is 9.90 Å². The number of anilines is 2. The molecule has 98 valence electrons. The zero-order chi connectivity index (χ0) is 13.0. The lowest BCUT2D eigenvalue weighted by Gasteiger charge is -2.34. The van der Waals surface area contributed by atoms with Crippen molar-refractivity contribution >= 4 is 17.3 Å². The summed E-state index contributed by atoms with van der Waals surface area (Å²) in [6, 6.07) is 7.93. The first-order chi connectivity index (χ1) is 8.65. The molecule has 5 nitrogen and oxygen atoms in total. The van der Waals surface area contributed by atoms with E-state index in [1.54, 1.807) is 0 Å². The molecule has 0 bridgehead atoms. The quantitative estimate of drug-likeness (QED) is 0.831. The monoisotopic (exact) mass is 249 g/mol. The second-order valence-electron chi connectivity index (χ2n) is 4.58. The molecule has 0 radical (unpaired) electrons. The van der Waals surface area contributed by atoms with Gasteiger partial charge in [-0.15, -0.1) is 0 Å². The zero-order valence-electron chi connectivity index (χ0n) is 10.6. The van der Waals surface area contributed by atoms with Crippen molar-refractivity contribution in [1.29, 1.82) is 0 Å². The number of aliphatic carboxylic acids is 1. The zero-order valence-corrected chi connectivity index (χ0v) is 10.6. The van der Waals surface area contributed by atoms with E-state index in [0.29, 0.717) is 0 Å². The third-order valence-electron chi connectivity index (χ3n) is 3.18. The van der Waals surface area contributed by atoms with Crippen molar-refractivity contribution in [1.82, 2.24) is 4.90 Å². The first-order valence-corrected chi connectivity index (χ1v) is 6.14. The number of rotatable bonds is 4. The van der Waals surface area contributed by atoms with Crippen LogP contribution in [-0.4, -0.2) is 55.7 Å². The predicted molar refractivity (Wildman–Crippen MR) is 72.3 cm³/mol. The van der Waals surface area contributed by atoms with Gasteiger partial charge >= 0.3 is 5.97 Å². The highest BCUT2D eigenvalue weighted by atomic mass is 16.4. The maximum Gasteiger partial charge on any atom is 0.322 e. The third kappa shape index (κ3) is 3.37. The van der Waals surface area contributed by atoms with Crippen LogP contribution in [0.3, 0.4) is 0 Å². The highest BCUT2D eigenvalue weighted by Gasteiger charge is 2.13. The van der Waals surface area contributed by atoms with Gasteiger partial charge in [0.1, 0.15) is 6.54 Å². The summed E-state index contributed by atoms with van der Waals surface area (Å²) in [6.45, 7) is 4.20. The number of carboxylic acids is 1. The number of carbonyl (C=O) groups is 1. The summed E-state index contributed by atoms with van der Waals surface area (Å²) in [4.78, 5) is 15.1. The maximum atomic E-state index is 10.4. The average molecular weight is 249 g/mol. The fraction of sp³-hybridized carbons (Fsp3) is 0.462. The van der Waals surface area contributed by atoms with Gasteiger partial charge in [0, 0.05) is 37.6 Å². The Bertz CT molecular complexity index is 397. The van der Waals surface area contributed by atoms with Crippen LogP contribution in [0.4, 0.5) is 11.4 Å². The molecule has 0 unspecified atom stereocenters. The highest BCUT2D eigenvalue weighted by molar-refractivity contribution is 5.73. The molecular formula is C13H19N3O2. The van der Waals surface area contributed by atoms with Gasteiger partial charge in [0.15, 0.2) is 0 Å². The molecule has 1 heterocycles. The number of hydrogen-bond donors (Lipinski definition) is 2. The van der Waals surface area contributed by atoms with Gasteiger partial charge in [-0.3, -0.25) is 4.79 Å². The van der Waals surface area contributed by atoms with E-state index < -0.39 is 5.97 Å². The normalized spacial score (nSPS) is 16.6. The van der Waals surface area contributed by atoms with E-state index in [4.69, 9.17) is 5.11 Å². The third-order valence-corrected chi connectivity index (χ3v) is 3.18. The average Bonchev–Trinajstić information content (AvgIpc) is 2.38. The molecule has 0 atom stereocenters. The minimum atomic E-state index is -0.849. The van der Waals surface area contributed by atoms with Gasteiger partial charge in [-0.1, -0.05) is 0 Å². The number of carboxylic acid groups (broad SMARTS) is 1. The van der Waals surface area contributed by atoms with E-state index in [-0.39, 0.29) is 6.54 Å². The number of likely N-dealkylation sites (N-methyl/N-ethyl adjacent to an activating group) is 1. The number of nitrogens with zero attached hydrogens (tertiary/aromatic N) is 2. The van der Waals surface area contributed by atoms with E-state index in [2.05, 4.69) is 22.2 Å². The molecule has 0 amide bonds. The molecule has 0 aromatic heterocycles. The molecular weight excluding hydrogens is 230 g/mol. The fourth-order valence-corrected chi connectivity index (χ4v) is 2.03. The summed E-state index contributed by atoms with van der Waals surface area (Å²) in [7, 11) is 2.14. The topological polar surface area (TPSA) is 55.8 Å². The summed E-state index contributed by atoms with van der Waals surface area (Å²) < 4.78 is 0. The molecule has 5 heteroatoms. The summed E-state index contributed by atoms with van der Waals surface area (Å²) >= 11 is 0. The Morgan fingerprint density at radius 1 is 1.22 bits per heavy atom. The molecule has 1 fully saturated rings. The molecule has 1 saturated heterocycles. The first-order valence-electron chi connectivity index (χ1n) is 6.14. The van der Waals surface area contributed by atoms with Gasteiger partial charge in [-0.2, -0.15) is 0 Å². The number of nitrogens with one attached hydrogen (secondary N) is 1. The number of benzene rings is 1. The fourth-order valence-electron chi connectivity index (χ4n) is 2.03. The Hall–Kier alpha value is -1.75. The van der Waals surface area contributed by atoms with Crippen LogP contribution in [0.25, 0.3) is 0 Å². The summed E-state index contributed by atoms with van der Waals surface area (Å²) in [5.74, 6) is -0.849. The van der Waals surface area contributed by atoms with Gasteiger partial charge in [0.25, 0.3) is 0 Å². The van der Waals surface area contributed by atoms with Crippen LogP contribution in [0.1, 0.15) is 0 Å². The highest BCUT2D eigenvalue weighted by Crippen LogP contribution is 2.19. The molecule has 1 aliphatic heterocycles. The molecule has 0 saturated carbocycles. The largest absolute Gasteiger partial charge is 0.480 e. The van der Waals surface area contributed by atoms with Crippen molar-refractivity contribution in [2.45, 2.75) is 0 Å². The second kappa shape index (κ2) is 5.73. The van der Waals surface area contributed by atoms with Gasteiger partial charge < -0.3 is 20.2 Å². The minimum absolute atomic E-state index is 0.0478. The molecule has 18 heavy (non-hydrogen) atoms. The van der Waals surface area contributed by atoms with Crippen molar-refractivity contribution in [3.63, 3.8) is 0 Å². The Kier molecular flexibility index (Phi) is 4.04. The van der Waals surface area contributed by atoms with Gasteiger partial charge in [-0.05, 0) is 31.3 Å². The molecule has 1 aliphatic rings. The van der Waals surface area contributed by atoms with Crippen LogP contribution >= 0.6 is 0 Å². The Morgan fingerprint density at radius 2 is 1.83 bits per heavy atom. The molecule has 0 aliphatic carbocycles. The Morgan fingerprint density at radius 3 is 2.39 bits per heavy atom. The summed E-state index contributed by atoms with van der Waals surface area (Å²) in [6.07, 6.45) is 0. The molecule has 2 N–H and O–H groups in total. The van der Waals surface area contributed by atoms with Crippen LogP contribution in [-0.2, 0) is 4.79 Å². The minimum Gasteiger partial charge on any atom is -0.480 e. The second-order valence-corrected chi connectivity index (χ2v) is 4.58. The van der Waals surface area contributed by atoms with Gasteiger partial charge in [0.2, 0.25) is 0 Å². The lowest BCUT2D eigenvalue weighted by atomic mass is 10.2. The van der Waals surface area contributed by atoms with Crippen LogP contribution in [0.2, 0.25) is 0 Å². The van der Waals surface area contributed by atoms with E-state index in [0.717, 1.165) is 31.9 Å². The Balaban J connectivity index is 1.93. The van der Waals surface area contributed by atoms with E-state index >= 15 is 0 Å². The smallest absolute Gasteiger partial charge is 0.322 e. The van der Waals surface area contributed by atoms with E-state index in [1.165, 1.54) is 5.69 Å². The van der Waals surface area contributed by atoms with E-state index in [1.807, 2.05) is 24.3 Å². The van der Waals surface area contributed by atoms with Crippen molar-refractivity contribution in [2.75, 3.05) is 50.0 Å². The van der Waals surface area contributed by atoms with Gasteiger partial charge in [-0.25, -0.2) is 0 Å². The van der Waals surface area contributed by atoms with Gasteiger partial charge in [0.05, 0.1) is 0 Å². The van der Waals surface area contributed by atoms with Crippen molar-refractivity contribution in [2.24, 2.45) is 0 Å². The van der Waals surface area contributed by atoms with Crippen LogP contribution in [0.5, 0.6) is 0 Å². The number of hydrogen-bond acceptors (Lipinski definition) is 4. The number of piperazine rings is 1. The lowest BCUT2D eigenvalue weighted by molar-refractivity contribution is -0.134.